The number of hydrogen-bond acceptors (Lipinski definition) is 8. The second-order valence-electron chi connectivity index (χ2n) is 9.08. The highest BCUT2D eigenvalue weighted by Gasteiger charge is 2.38. The van der Waals surface area contributed by atoms with E-state index in [4.69, 9.17) is 17.2 Å². The predicted molar refractivity (Wildman–Crippen MR) is 133 cm³/mol. The molecule has 1 aromatic carbocycles. The van der Waals surface area contributed by atoms with Crippen LogP contribution in [0.25, 0.3) is 0 Å². The highest BCUT2D eigenvalue weighted by molar-refractivity contribution is 5.96. The maximum atomic E-state index is 13.4. The third-order valence-electron chi connectivity index (χ3n) is 6.16. The van der Waals surface area contributed by atoms with Gasteiger partial charge in [-0.05, 0) is 49.9 Å². The zero-order chi connectivity index (χ0) is 27.5. The van der Waals surface area contributed by atoms with Crippen LogP contribution in [-0.2, 0) is 30.4 Å². The van der Waals surface area contributed by atoms with Crippen LogP contribution >= 0.6 is 0 Å². The number of amides is 4. The number of carboxylic acids is 1. The van der Waals surface area contributed by atoms with E-state index in [2.05, 4.69) is 10.6 Å². The maximum absolute atomic E-state index is 13.4. The third kappa shape index (κ3) is 9.03. The molecule has 0 aromatic heterocycles. The van der Waals surface area contributed by atoms with Crippen LogP contribution in [0.2, 0.25) is 0 Å². The molecule has 0 spiro atoms. The molecule has 0 unspecified atom stereocenters. The lowest BCUT2D eigenvalue weighted by Gasteiger charge is -2.29. The van der Waals surface area contributed by atoms with Crippen LogP contribution in [-0.4, -0.2) is 82.0 Å². The Hall–Kier alpha value is -3.71. The van der Waals surface area contributed by atoms with E-state index in [9.17, 15) is 34.2 Å². The van der Waals surface area contributed by atoms with Crippen molar-refractivity contribution in [1.82, 2.24) is 15.5 Å². The van der Waals surface area contributed by atoms with Gasteiger partial charge in [0.05, 0.1) is 12.5 Å². The quantitative estimate of drug-likeness (QED) is 0.138. The van der Waals surface area contributed by atoms with Gasteiger partial charge in [-0.3, -0.25) is 19.2 Å². The van der Waals surface area contributed by atoms with E-state index in [0.29, 0.717) is 37.8 Å². The maximum Gasteiger partial charge on any atom is 0.326 e. The van der Waals surface area contributed by atoms with E-state index in [1.807, 2.05) is 0 Å². The van der Waals surface area contributed by atoms with Crippen LogP contribution in [0.4, 0.5) is 0 Å². The number of aromatic hydroxyl groups is 1. The summed E-state index contributed by atoms with van der Waals surface area (Å²) in [7, 11) is 0. The smallest absolute Gasteiger partial charge is 0.326 e. The van der Waals surface area contributed by atoms with Crippen LogP contribution in [0.3, 0.4) is 0 Å². The average Bonchev–Trinajstić information content (AvgIpc) is 3.34. The van der Waals surface area contributed by atoms with Gasteiger partial charge in [-0.1, -0.05) is 18.6 Å². The number of carboxylic acid groups (broad SMARTS) is 1. The first-order valence-electron chi connectivity index (χ1n) is 12.2. The molecule has 0 bridgehead atoms. The first kappa shape index (κ1) is 29.5. The second-order valence-corrected chi connectivity index (χ2v) is 9.08. The molecule has 1 aliphatic heterocycles. The molecule has 4 atom stereocenters. The van der Waals surface area contributed by atoms with Gasteiger partial charge in [0, 0.05) is 13.0 Å². The number of nitrogens with one attached hydrogen (secondary N) is 2. The summed E-state index contributed by atoms with van der Waals surface area (Å²) in [6.07, 6.45) is 1.80. The van der Waals surface area contributed by atoms with Gasteiger partial charge in [0.1, 0.15) is 23.9 Å². The summed E-state index contributed by atoms with van der Waals surface area (Å²) >= 11 is 0. The van der Waals surface area contributed by atoms with Gasteiger partial charge in [-0.15, -0.1) is 0 Å². The number of carbonyl (C=O) groups excluding carboxylic acids is 4. The number of phenols is 1. The molecule has 2 rings (SSSR count). The minimum atomic E-state index is -1.39. The van der Waals surface area contributed by atoms with E-state index in [-0.39, 0.29) is 25.1 Å². The number of likely N-dealkylation sites (tertiary alicyclic amines) is 1. The Kier molecular flexibility index (Phi) is 11.3. The number of phenolic OH excluding ortho intramolecular Hbond substituents is 1. The summed E-state index contributed by atoms with van der Waals surface area (Å²) in [5.74, 6) is -4.12. The van der Waals surface area contributed by atoms with Gasteiger partial charge in [0.15, 0.2) is 0 Å². The van der Waals surface area contributed by atoms with Crippen molar-refractivity contribution in [3.05, 3.63) is 29.8 Å². The zero-order valence-electron chi connectivity index (χ0n) is 20.6. The summed E-state index contributed by atoms with van der Waals surface area (Å²) in [4.78, 5) is 63.6. The first-order valence-corrected chi connectivity index (χ1v) is 12.2. The molecule has 37 heavy (non-hydrogen) atoms. The van der Waals surface area contributed by atoms with Gasteiger partial charge >= 0.3 is 5.97 Å². The van der Waals surface area contributed by atoms with Gasteiger partial charge in [-0.25, -0.2) is 4.79 Å². The molecular weight excluding hydrogens is 484 g/mol. The van der Waals surface area contributed by atoms with E-state index >= 15 is 0 Å². The largest absolute Gasteiger partial charge is 0.508 e. The topological polar surface area (TPSA) is 231 Å². The van der Waals surface area contributed by atoms with Crippen LogP contribution in [0, 0.1) is 0 Å². The molecule has 0 aliphatic carbocycles. The summed E-state index contributed by atoms with van der Waals surface area (Å²) < 4.78 is 0. The van der Waals surface area contributed by atoms with Crippen molar-refractivity contribution in [1.29, 1.82) is 0 Å². The van der Waals surface area contributed by atoms with E-state index in [0.717, 1.165) is 0 Å². The van der Waals surface area contributed by atoms with Crippen molar-refractivity contribution in [2.45, 2.75) is 69.1 Å². The van der Waals surface area contributed by atoms with Gasteiger partial charge < -0.3 is 42.9 Å². The standard InChI is InChI=1S/C24H36N6O7/c25-10-2-1-4-16(26)21(33)28-17(13-20(27)32)22(34)29-18(12-14-6-8-15(31)9-7-14)23(35)30-11-3-5-19(30)24(36)37/h6-9,16-19,31H,1-5,10-13,25-26H2,(H2,27,32)(H,28,33)(H,29,34)(H,36,37)/t16-,17-,18-,19-/m0/s1. The monoisotopic (exact) mass is 520 g/mol. The molecule has 4 amide bonds. The van der Waals surface area contributed by atoms with E-state index < -0.39 is 60.2 Å². The fourth-order valence-electron chi connectivity index (χ4n) is 4.16. The van der Waals surface area contributed by atoms with Gasteiger partial charge in [-0.2, -0.15) is 0 Å². The number of primary amides is 1. The molecule has 10 N–H and O–H groups in total. The number of rotatable bonds is 14. The first-order chi connectivity index (χ1) is 17.5. The highest BCUT2D eigenvalue weighted by Crippen LogP contribution is 2.20. The van der Waals surface area contributed by atoms with Crippen molar-refractivity contribution in [2.24, 2.45) is 17.2 Å². The Balaban J connectivity index is 2.23. The summed E-state index contributed by atoms with van der Waals surface area (Å²) in [5, 5.41) is 24.0. The highest BCUT2D eigenvalue weighted by atomic mass is 16.4. The molecule has 204 valence electrons. The molecule has 1 aromatic rings. The van der Waals surface area contributed by atoms with Crippen molar-refractivity contribution in [3.8, 4) is 5.75 Å². The number of carbonyl (C=O) groups is 5. The third-order valence-corrected chi connectivity index (χ3v) is 6.16. The lowest BCUT2D eigenvalue weighted by molar-refractivity contribution is -0.149. The normalized spacial score (nSPS) is 17.5. The van der Waals surface area contributed by atoms with Crippen molar-refractivity contribution >= 4 is 29.6 Å². The minimum absolute atomic E-state index is 0.00758. The number of nitrogens with two attached hydrogens (primary N) is 3. The molecule has 0 radical (unpaired) electrons. The molecule has 1 fully saturated rings. The lowest BCUT2D eigenvalue weighted by Crippen LogP contribution is -2.58. The number of aliphatic carboxylic acids is 1. The Bertz CT molecular complexity index is 971. The van der Waals surface area contributed by atoms with Gasteiger partial charge in [0.25, 0.3) is 0 Å². The SMILES string of the molecule is NCCCC[C@H](N)C(=O)N[C@@H](CC(N)=O)C(=O)N[C@@H](Cc1ccc(O)cc1)C(=O)N1CCC[C@H]1C(=O)O. The summed E-state index contributed by atoms with van der Waals surface area (Å²) in [6, 6.07) is 1.38. The summed E-state index contributed by atoms with van der Waals surface area (Å²) in [6.45, 7) is 0.647. The molecule has 1 heterocycles. The Morgan fingerprint density at radius 1 is 1.03 bits per heavy atom. The minimum Gasteiger partial charge on any atom is -0.508 e. The number of nitrogens with zero attached hydrogens (tertiary/aromatic N) is 1. The van der Waals surface area contributed by atoms with Crippen LogP contribution in [0.5, 0.6) is 5.75 Å². The second kappa shape index (κ2) is 14.1. The van der Waals surface area contributed by atoms with Crippen molar-refractivity contribution < 1.29 is 34.2 Å². The lowest BCUT2D eigenvalue weighted by atomic mass is 10.0. The van der Waals surface area contributed by atoms with Crippen LogP contribution < -0.4 is 27.8 Å². The molecule has 13 nitrogen and oxygen atoms in total. The number of hydrogen-bond donors (Lipinski definition) is 7. The fraction of sp³-hybridized carbons (Fsp3) is 0.542. The van der Waals surface area contributed by atoms with Crippen molar-refractivity contribution in [2.75, 3.05) is 13.1 Å². The van der Waals surface area contributed by atoms with E-state index in [1.165, 1.54) is 17.0 Å². The van der Waals surface area contributed by atoms with E-state index in [1.54, 1.807) is 12.1 Å². The Morgan fingerprint density at radius 2 is 1.68 bits per heavy atom. The summed E-state index contributed by atoms with van der Waals surface area (Å²) in [5.41, 5.74) is 17.2. The molecular formula is C24H36N6O7. The van der Waals surface area contributed by atoms with Crippen LogP contribution in [0.15, 0.2) is 24.3 Å². The Morgan fingerprint density at radius 3 is 2.27 bits per heavy atom. The predicted octanol–water partition coefficient (Wildman–Crippen LogP) is -1.69. The zero-order valence-corrected chi connectivity index (χ0v) is 20.6. The molecule has 0 saturated carbocycles. The Labute approximate surface area is 214 Å². The van der Waals surface area contributed by atoms with Crippen LogP contribution in [0.1, 0.15) is 44.1 Å². The molecule has 1 saturated heterocycles. The van der Waals surface area contributed by atoms with Gasteiger partial charge in [0.2, 0.25) is 23.6 Å². The number of benzene rings is 1. The molecule has 13 heteroatoms. The molecule has 1 aliphatic rings. The average molecular weight is 521 g/mol. The fourth-order valence-corrected chi connectivity index (χ4v) is 4.16. The van der Waals surface area contributed by atoms with Crippen molar-refractivity contribution in [3.63, 3.8) is 0 Å². The number of unbranched alkanes of at least 4 members (excludes halogenated alkanes) is 1.